The highest BCUT2D eigenvalue weighted by molar-refractivity contribution is 6.00. The lowest BCUT2D eigenvalue weighted by atomic mass is 10.1. The third kappa shape index (κ3) is 3.38. The molecular weight excluding hydrogens is 325 g/mol. The zero-order valence-corrected chi connectivity index (χ0v) is 12.9. The number of amides is 2. The molecule has 2 aliphatic heterocycles. The van der Waals surface area contributed by atoms with Crippen molar-refractivity contribution in [1.29, 1.82) is 0 Å². The van der Waals surface area contributed by atoms with E-state index in [1.165, 1.54) is 17.0 Å². The van der Waals surface area contributed by atoms with Gasteiger partial charge in [-0.05, 0) is 18.2 Å². The van der Waals surface area contributed by atoms with Crippen molar-refractivity contribution in [3.05, 3.63) is 29.8 Å². The molecular formula is C16H17F3N2O3. The molecule has 0 saturated carbocycles. The van der Waals surface area contributed by atoms with Gasteiger partial charge in [0.05, 0.1) is 24.7 Å². The Morgan fingerprint density at radius 3 is 2.58 bits per heavy atom. The first kappa shape index (κ1) is 16.8. The fourth-order valence-electron chi connectivity index (χ4n) is 3.01. The number of carbonyl (C=O) groups is 2. The van der Waals surface area contributed by atoms with Crippen LogP contribution in [0.5, 0.6) is 0 Å². The van der Waals surface area contributed by atoms with E-state index >= 15 is 0 Å². The van der Waals surface area contributed by atoms with Crippen molar-refractivity contribution in [1.82, 2.24) is 4.90 Å². The Hall–Kier alpha value is -2.09. The van der Waals surface area contributed by atoms with E-state index in [0.717, 1.165) is 12.1 Å². The Labute approximate surface area is 137 Å². The summed E-state index contributed by atoms with van der Waals surface area (Å²) in [6.45, 7) is 1.99. The van der Waals surface area contributed by atoms with E-state index in [0.29, 0.717) is 26.3 Å². The van der Waals surface area contributed by atoms with Gasteiger partial charge in [0.25, 0.3) is 0 Å². The number of alkyl halides is 3. The van der Waals surface area contributed by atoms with Crippen LogP contribution in [-0.2, 0) is 20.5 Å². The number of morpholine rings is 1. The van der Waals surface area contributed by atoms with Gasteiger partial charge in [0.2, 0.25) is 11.8 Å². The number of carbonyl (C=O) groups excluding carboxylic acids is 2. The molecule has 24 heavy (non-hydrogen) atoms. The van der Waals surface area contributed by atoms with Crippen LogP contribution in [0.2, 0.25) is 0 Å². The number of nitrogens with zero attached hydrogens (tertiary/aromatic N) is 2. The zero-order chi connectivity index (χ0) is 17.3. The molecule has 0 radical (unpaired) electrons. The van der Waals surface area contributed by atoms with Gasteiger partial charge in [-0.2, -0.15) is 13.2 Å². The van der Waals surface area contributed by atoms with Crippen molar-refractivity contribution in [3.63, 3.8) is 0 Å². The van der Waals surface area contributed by atoms with Crippen molar-refractivity contribution < 1.29 is 27.5 Å². The molecule has 1 unspecified atom stereocenters. The number of hydrogen-bond acceptors (Lipinski definition) is 3. The third-order valence-electron chi connectivity index (χ3n) is 4.28. The van der Waals surface area contributed by atoms with Crippen LogP contribution in [0.1, 0.15) is 12.0 Å². The minimum absolute atomic E-state index is 0.0203. The summed E-state index contributed by atoms with van der Waals surface area (Å²) in [7, 11) is 0. The van der Waals surface area contributed by atoms with E-state index in [2.05, 4.69) is 0 Å². The SMILES string of the molecule is O=C(C1CC(=O)N(c2cccc(C(F)(F)F)c2)C1)N1CCOCC1. The molecule has 0 bridgehead atoms. The maximum atomic E-state index is 12.8. The second-order valence-corrected chi connectivity index (χ2v) is 5.89. The van der Waals surface area contributed by atoms with Gasteiger partial charge < -0.3 is 14.5 Å². The van der Waals surface area contributed by atoms with Gasteiger partial charge >= 0.3 is 6.18 Å². The molecule has 2 fully saturated rings. The Morgan fingerprint density at radius 2 is 1.92 bits per heavy atom. The molecule has 1 aromatic carbocycles. The molecule has 2 aliphatic rings. The molecule has 5 nitrogen and oxygen atoms in total. The summed E-state index contributed by atoms with van der Waals surface area (Å²) in [5, 5.41) is 0. The van der Waals surface area contributed by atoms with Gasteiger partial charge in [0, 0.05) is 31.7 Å². The maximum Gasteiger partial charge on any atom is 0.416 e. The topological polar surface area (TPSA) is 49.9 Å². The Balaban J connectivity index is 1.74. The van der Waals surface area contributed by atoms with Crippen LogP contribution in [-0.4, -0.2) is 49.6 Å². The maximum absolute atomic E-state index is 12.8. The standard InChI is InChI=1S/C16H17F3N2O3/c17-16(18,19)12-2-1-3-13(9-12)21-10-11(8-14(21)22)15(23)20-4-6-24-7-5-20/h1-3,9,11H,4-8,10H2. The van der Waals surface area contributed by atoms with Crippen LogP contribution in [0.4, 0.5) is 18.9 Å². The number of halogens is 3. The average molecular weight is 342 g/mol. The molecule has 3 rings (SSSR count). The van der Waals surface area contributed by atoms with Gasteiger partial charge in [-0.25, -0.2) is 0 Å². The number of ether oxygens (including phenoxy) is 1. The van der Waals surface area contributed by atoms with E-state index in [1.54, 1.807) is 4.90 Å². The van der Waals surface area contributed by atoms with E-state index in [9.17, 15) is 22.8 Å². The average Bonchev–Trinajstić information content (AvgIpc) is 2.96. The minimum atomic E-state index is -4.47. The van der Waals surface area contributed by atoms with Gasteiger partial charge in [0.1, 0.15) is 0 Å². The number of rotatable bonds is 2. The van der Waals surface area contributed by atoms with Gasteiger partial charge in [-0.3, -0.25) is 9.59 Å². The first-order valence-electron chi connectivity index (χ1n) is 7.70. The minimum Gasteiger partial charge on any atom is -0.378 e. The van der Waals surface area contributed by atoms with Crippen molar-refractivity contribution in [2.24, 2.45) is 5.92 Å². The molecule has 2 amide bonds. The van der Waals surface area contributed by atoms with Crippen molar-refractivity contribution in [3.8, 4) is 0 Å². The molecule has 8 heteroatoms. The fraction of sp³-hybridized carbons (Fsp3) is 0.500. The number of anilines is 1. The Morgan fingerprint density at radius 1 is 1.21 bits per heavy atom. The van der Waals surface area contributed by atoms with Crippen LogP contribution in [0.3, 0.4) is 0 Å². The largest absolute Gasteiger partial charge is 0.416 e. The summed E-state index contributed by atoms with van der Waals surface area (Å²) in [5.74, 6) is -0.993. The fourth-order valence-corrected chi connectivity index (χ4v) is 3.01. The van der Waals surface area contributed by atoms with Crippen LogP contribution < -0.4 is 4.90 Å². The highest BCUT2D eigenvalue weighted by Crippen LogP contribution is 2.33. The molecule has 2 heterocycles. The van der Waals surface area contributed by atoms with Crippen LogP contribution in [0.15, 0.2) is 24.3 Å². The summed E-state index contributed by atoms with van der Waals surface area (Å²) in [6, 6.07) is 4.62. The smallest absolute Gasteiger partial charge is 0.378 e. The van der Waals surface area contributed by atoms with Crippen molar-refractivity contribution in [2.75, 3.05) is 37.7 Å². The summed E-state index contributed by atoms with van der Waals surface area (Å²) in [6.07, 6.45) is -4.45. The zero-order valence-electron chi connectivity index (χ0n) is 12.9. The number of benzene rings is 1. The van der Waals surface area contributed by atoms with Crippen molar-refractivity contribution in [2.45, 2.75) is 12.6 Å². The van der Waals surface area contributed by atoms with Crippen LogP contribution in [0, 0.1) is 5.92 Å². The Bertz CT molecular complexity index is 642. The van der Waals surface area contributed by atoms with Gasteiger partial charge in [-0.15, -0.1) is 0 Å². The Kier molecular flexibility index (Phi) is 4.49. The lowest BCUT2D eigenvalue weighted by molar-refractivity contribution is -0.139. The highest BCUT2D eigenvalue weighted by atomic mass is 19.4. The van der Waals surface area contributed by atoms with E-state index in [1.807, 2.05) is 0 Å². The van der Waals surface area contributed by atoms with Crippen LogP contribution >= 0.6 is 0 Å². The first-order chi connectivity index (χ1) is 11.4. The van der Waals surface area contributed by atoms with E-state index in [4.69, 9.17) is 4.74 Å². The lowest BCUT2D eigenvalue weighted by Crippen LogP contribution is -2.44. The molecule has 130 valence electrons. The first-order valence-corrected chi connectivity index (χ1v) is 7.70. The highest BCUT2D eigenvalue weighted by Gasteiger charge is 2.38. The third-order valence-corrected chi connectivity index (χ3v) is 4.28. The van der Waals surface area contributed by atoms with E-state index < -0.39 is 17.7 Å². The quantitative estimate of drug-likeness (QED) is 0.825. The molecule has 0 spiro atoms. The monoisotopic (exact) mass is 342 g/mol. The number of hydrogen-bond donors (Lipinski definition) is 0. The molecule has 0 aliphatic carbocycles. The molecule has 0 N–H and O–H groups in total. The lowest BCUT2D eigenvalue weighted by Gasteiger charge is -2.29. The van der Waals surface area contributed by atoms with Gasteiger partial charge in [0.15, 0.2) is 0 Å². The van der Waals surface area contributed by atoms with Crippen molar-refractivity contribution >= 4 is 17.5 Å². The van der Waals surface area contributed by atoms with Crippen LogP contribution in [0.25, 0.3) is 0 Å². The van der Waals surface area contributed by atoms with E-state index in [-0.39, 0.29) is 30.5 Å². The molecule has 0 aromatic heterocycles. The molecule has 1 aromatic rings. The summed E-state index contributed by atoms with van der Waals surface area (Å²) >= 11 is 0. The second kappa shape index (κ2) is 6.43. The summed E-state index contributed by atoms with van der Waals surface area (Å²) in [4.78, 5) is 27.6. The molecule has 1 atom stereocenters. The summed E-state index contributed by atoms with van der Waals surface area (Å²) < 4.78 is 43.7. The normalized spacial score (nSPS) is 22.1. The van der Waals surface area contributed by atoms with Gasteiger partial charge in [-0.1, -0.05) is 6.07 Å². The predicted molar refractivity (Wildman–Crippen MR) is 79.3 cm³/mol. The summed E-state index contributed by atoms with van der Waals surface area (Å²) in [5.41, 5.74) is -0.636. The predicted octanol–water partition coefficient (Wildman–Crippen LogP) is 1.92. The second-order valence-electron chi connectivity index (χ2n) is 5.89. The molecule has 2 saturated heterocycles.